The topological polar surface area (TPSA) is 111 Å². The third kappa shape index (κ3) is 5.98. The van der Waals surface area contributed by atoms with E-state index in [-0.39, 0.29) is 17.2 Å². The minimum absolute atomic E-state index is 0.239. The minimum atomic E-state index is -1.21. The molecule has 2 aromatic carbocycles. The summed E-state index contributed by atoms with van der Waals surface area (Å²) in [6.07, 6.45) is 3.79. The van der Waals surface area contributed by atoms with E-state index >= 15 is 0 Å². The van der Waals surface area contributed by atoms with Gasteiger partial charge in [0.05, 0.1) is 11.8 Å². The molecule has 2 N–H and O–H groups in total. The summed E-state index contributed by atoms with van der Waals surface area (Å²) in [5.74, 6) is 0.660. The Morgan fingerprint density at radius 1 is 1.03 bits per heavy atom. The number of fused-ring (bicyclic) bond motifs is 1. The molecule has 0 aliphatic carbocycles. The molecule has 0 aliphatic rings. The molecule has 5 rings (SSSR count). The van der Waals surface area contributed by atoms with Crippen molar-refractivity contribution in [1.82, 2.24) is 19.7 Å². The number of carbonyl (C=O) groups is 2. The number of nitrogens with zero attached hydrogens (tertiary/aromatic N) is 3. The van der Waals surface area contributed by atoms with Crippen LogP contribution < -0.4 is 10.6 Å². The molecule has 1 atom stereocenters. The van der Waals surface area contributed by atoms with Gasteiger partial charge in [-0.05, 0) is 41.8 Å². The highest BCUT2D eigenvalue weighted by Gasteiger charge is 2.28. The zero-order valence-electron chi connectivity index (χ0n) is 21.7. The van der Waals surface area contributed by atoms with Crippen LogP contribution in [0.4, 0.5) is 5.82 Å². The SMILES string of the molecule is CC(C)CNC(=O)C(OC(=O)c1cccc(-c2nc3ncccn3c2NCc2ccccc2)c1)c1ccco1. The van der Waals surface area contributed by atoms with Crippen molar-refractivity contribution in [3.05, 3.63) is 108 Å². The van der Waals surface area contributed by atoms with E-state index in [1.807, 2.05) is 66.9 Å². The fourth-order valence-corrected chi connectivity index (χ4v) is 4.09. The molecule has 0 radical (unpaired) electrons. The molecule has 198 valence electrons. The van der Waals surface area contributed by atoms with Gasteiger partial charge in [-0.2, -0.15) is 0 Å². The lowest BCUT2D eigenvalue weighted by atomic mass is 10.1. The number of benzene rings is 2. The van der Waals surface area contributed by atoms with Gasteiger partial charge in [0.25, 0.3) is 5.91 Å². The molecular formula is C30H29N5O4. The van der Waals surface area contributed by atoms with Crippen LogP contribution in [0.3, 0.4) is 0 Å². The fraction of sp³-hybridized carbons (Fsp3) is 0.200. The van der Waals surface area contributed by atoms with Gasteiger partial charge in [-0.25, -0.2) is 14.8 Å². The molecule has 0 fully saturated rings. The van der Waals surface area contributed by atoms with Crippen molar-refractivity contribution in [3.8, 4) is 11.3 Å². The van der Waals surface area contributed by atoms with Gasteiger partial charge in [-0.1, -0.05) is 56.3 Å². The normalized spacial score (nSPS) is 11.9. The average Bonchev–Trinajstić information content (AvgIpc) is 3.62. The summed E-state index contributed by atoms with van der Waals surface area (Å²) in [5, 5.41) is 6.28. The number of furan rings is 1. The van der Waals surface area contributed by atoms with Crippen molar-refractivity contribution >= 4 is 23.5 Å². The maximum Gasteiger partial charge on any atom is 0.339 e. The number of amides is 1. The number of imidazole rings is 1. The molecule has 0 bridgehead atoms. The van der Waals surface area contributed by atoms with Crippen LogP contribution in [-0.4, -0.2) is 32.8 Å². The number of aromatic nitrogens is 3. The Morgan fingerprint density at radius 3 is 2.64 bits per heavy atom. The Balaban J connectivity index is 1.42. The first kappa shape index (κ1) is 25.7. The zero-order valence-corrected chi connectivity index (χ0v) is 21.7. The molecule has 39 heavy (non-hydrogen) atoms. The quantitative estimate of drug-likeness (QED) is 0.240. The molecule has 0 saturated heterocycles. The van der Waals surface area contributed by atoms with Crippen LogP contribution in [0.5, 0.6) is 0 Å². The van der Waals surface area contributed by atoms with Crippen LogP contribution in [-0.2, 0) is 16.1 Å². The first-order valence-electron chi connectivity index (χ1n) is 12.7. The summed E-state index contributed by atoms with van der Waals surface area (Å²) in [6, 6.07) is 22.1. The van der Waals surface area contributed by atoms with Gasteiger partial charge in [-0.3, -0.25) is 9.20 Å². The van der Waals surface area contributed by atoms with E-state index in [2.05, 4.69) is 15.6 Å². The predicted octanol–water partition coefficient (Wildman–Crippen LogP) is 5.27. The minimum Gasteiger partial charge on any atom is -0.465 e. The fourth-order valence-electron chi connectivity index (χ4n) is 4.09. The Labute approximate surface area is 225 Å². The molecule has 1 amide bonds. The van der Waals surface area contributed by atoms with E-state index in [1.165, 1.54) is 6.26 Å². The molecular weight excluding hydrogens is 494 g/mol. The lowest BCUT2D eigenvalue weighted by molar-refractivity contribution is -0.131. The summed E-state index contributed by atoms with van der Waals surface area (Å²) < 4.78 is 12.9. The van der Waals surface area contributed by atoms with Crippen LogP contribution in [0.2, 0.25) is 0 Å². The maximum absolute atomic E-state index is 13.2. The average molecular weight is 524 g/mol. The third-order valence-electron chi connectivity index (χ3n) is 6.03. The first-order valence-corrected chi connectivity index (χ1v) is 12.7. The van der Waals surface area contributed by atoms with E-state index in [0.717, 1.165) is 11.4 Å². The van der Waals surface area contributed by atoms with Crippen molar-refractivity contribution < 1.29 is 18.7 Å². The molecule has 1 unspecified atom stereocenters. The largest absolute Gasteiger partial charge is 0.465 e. The number of ether oxygens (including phenoxy) is 1. The Kier molecular flexibility index (Phi) is 7.68. The van der Waals surface area contributed by atoms with Gasteiger partial charge in [0.15, 0.2) is 5.76 Å². The smallest absolute Gasteiger partial charge is 0.339 e. The van der Waals surface area contributed by atoms with E-state index < -0.39 is 18.0 Å². The highest BCUT2D eigenvalue weighted by atomic mass is 16.6. The van der Waals surface area contributed by atoms with Gasteiger partial charge in [0, 0.05) is 31.0 Å². The monoisotopic (exact) mass is 523 g/mol. The van der Waals surface area contributed by atoms with Gasteiger partial charge in [0.2, 0.25) is 11.9 Å². The highest BCUT2D eigenvalue weighted by molar-refractivity contribution is 5.94. The third-order valence-corrected chi connectivity index (χ3v) is 6.03. The lowest BCUT2D eigenvalue weighted by Crippen LogP contribution is -2.34. The second kappa shape index (κ2) is 11.6. The summed E-state index contributed by atoms with van der Waals surface area (Å²) in [7, 11) is 0. The molecule has 9 nitrogen and oxygen atoms in total. The Morgan fingerprint density at radius 2 is 1.87 bits per heavy atom. The van der Waals surface area contributed by atoms with Crippen LogP contribution in [0.15, 0.2) is 95.9 Å². The van der Waals surface area contributed by atoms with Crippen molar-refractivity contribution in [2.75, 3.05) is 11.9 Å². The van der Waals surface area contributed by atoms with E-state index in [4.69, 9.17) is 14.1 Å². The standard InChI is InChI=1S/C30H29N5O4/c1-20(2)18-33-28(36)26(24-13-7-16-38-24)39-29(37)23-12-6-11-22(17-23)25-27(32-19-21-9-4-3-5-10-21)35-15-8-14-31-30(35)34-25/h3-17,20,26,32H,18-19H2,1-2H3,(H,33,36). The Hall–Kier alpha value is -4.92. The van der Waals surface area contributed by atoms with Crippen molar-refractivity contribution in [2.45, 2.75) is 26.5 Å². The van der Waals surface area contributed by atoms with E-state index in [9.17, 15) is 9.59 Å². The summed E-state index contributed by atoms with van der Waals surface area (Å²) in [4.78, 5) is 35.2. The predicted molar refractivity (Wildman–Crippen MR) is 147 cm³/mol. The highest BCUT2D eigenvalue weighted by Crippen LogP contribution is 2.30. The number of rotatable bonds is 10. The summed E-state index contributed by atoms with van der Waals surface area (Å²) in [6.45, 7) is 4.99. The first-order chi connectivity index (χ1) is 19.0. The van der Waals surface area contributed by atoms with Gasteiger partial charge in [0.1, 0.15) is 11.5 Å². The second-order valence-corrected chi connectivity index (χ2v) is 9.46. The van der Waals surface area contributed by atoms with E-state index in [1.54, 1.807) is 36.5 Å². The van der Waals surface area contributed by atoms with Gasteiger partial charge in [-0.15, -0.1) is 0 Å². The van der Waals surface area contributed by atoms with E-state index in [0.29, 0.717) is 30.1 Å². The van der Waals surface area contributed by atoms with Crippen molar-refractivity contribution in [1.29, 1.82) is 0 Å². The van der Waals surface area contributed by atoms with Crippen molar-refractivity contribution in [2.24, 2.45) is 5.92 Å². The number of esters is 1. The van der Waals surface area contributed by atoms with Crippen molar-refractivity contribution in [3.63, 3.8) is 0 Å². The molecule has 0 aliphatic heterocycles. The number of hydrogen-bond donors (Lipinski definition) is 2. The molecule has 0 saturated carbocycles. The summed E-state index contributed by atoms with van der Waals surface area (Å²) >= 11 is 0. The number of hydrogen-bond acceptors (Lipinski definition) is 7. The van der Waals surface area contributed by atoms with Gasteiger partial charge < -0.3 is 19.8 Å². The van der Waals surface area contributed by atoms with Crippen LogP contribution in [0, 0.1) is 5.92 Å². The molecule has 9 heteroatoms. The number of nitrogens with one attached hydrogen (secondary N) is 2. The zero-order chi connectivity index (χ0) is 27.2. The second-order valence-electron chi connectivity index (χ2n) is 9.46. The Bertz CT molecular complexity index is 1560. The molecule has 3 aromatic heterocycles. The van der Waals surface area contributed by atoms with Crippen LogP contribution in [0.1, 0.15) is 41.6 Å². The van der Waals surface area contributed by atoms with Crippen LogP contribution in [0.25, 0.3) is 17.0 Å². The number of carbonyl (C=O) groups excluding carboxylic acids is 2. The van der Waals surface area contributed by atoms with Crippen LogP contribution >= 0.6 is 0 Å². The molecule has 0 spiro atoms. The maximum atomic E-state index is 13.2. The van der Waals surface area contributed by atoms with Gasteiger partial charge >= 0.3 is 5.97 Å². The molecule has 3 heterocycles. The number of anilines is 1. The molecule has 5 aromatic rings. The summed E-state index contributed by atoms with van der Waals surface area (Å²) in [5.41, 5.74) is 2.72. The lowest BCUT2D eigenvalue weighted by Gasteiger charge is -2.17.